The minimum atomic E-state index is -0.205. The molecule has 2 nitrogen and oxygen atoms in total. The molecule has 0 aromatic heterocycles. The van der Waals surface area contributed by atoms with E-state index in [0.29, 0.717) is 0 Å². The minimum absolute atomic E-state index is 0.205. The number of benzene rings is 1. The lowest BCUT2D eigenvalue weighted by atomic mass is 9.85. The van der Waals surface area contributed by atoms with Crippen molar-refractivity contribution in [1.29, 1.82) is 0 Å². The molecule has 0 spiro atoms. The summed E-state index contributed by atoms with van der Waals surface area (Å²) in [4.78, 5) is 2.42. The molecule has 102 valence electrons. The normalized spacial score (nSPS) is 14.7. The van der Waals surface area contributed by atoms with Gasteiger partial charge >= 0.3 is 0 Å². The van der Waals surface area contributed by atoms with E-state index in [0.717, 1.165) is 26.1 Å². The largest absolute Gasteiger partial charge is 0.320 e. The van der Waals surface area contributed by atoms with Gasteiger partial charge in [-0.25, -0.2) is 0 Å². The molecule has 1 unspecified atom stereocenters. The van der Waals surface area contributed by atoms with Crippen LogP contribution in [0.2, 0.25) is 0 Å². The fraction of sp³-hybridized carbons (Fsp3) is 0.625. The molecular weight excluding hydrogens is 220 g/mol. The lowest BCUT2D eigenvalue weighted by molar-refractivity contribution is 0.213. The number of unbranched alkanes of at least 4 members (excludes halogenated alkanes) is 1. The zero-order valence-electron chi connectivity index (χ0n) is 12.2. The number of hydrogen-bond acceptors (Lipinski definition) is 2. The van der Waals surface area contributed by atoms with Gasteiger partial charge in [0, 0.05) is 6.54 Å². The Bertz CT molecular complexity index is 319. The SMILES string of the molecule is CCCCC(N)(CN(CC)CC)c1ccccc1. The molecule has 2 heteroatoms. The van der Waals surface area contributed by atoms with Gasteiger partial charge in [0.25, 0.3) is 0 Å². The first-order chi connectivity index (χ1) is 8.66. The van der Waals surface area contributed by atoms with Crippen LogP contribution in [-0.4, -0.2) is 24.5 Å². The van der Waals surface area contributed by atoms with Gasteiger partial charge in [0.2, 0.25) is 0 Å². The summed E-state index contributed by atoms with van der Waals surface area (Å²) in [6.07, 6.45) is 3.45. The maximum atomic E-state index is 6.72. The molecule has 0 saturated heterocycles. The summed E-state index contributed by atoms with van der Waals surface area (Å²) >= 11 is 0. The van der Waals surface area contributed by atoms with E-state index in [4.69, 9.17) is 5.73 Å². The zero-order chi connectivity index (χ0) is 13.4. The van der Waals surface area contributed by atoms with Crippen LogP contribution in [-0.2, 0) is 5.54 Å². The summed E-state index contributed by atoms with van der Waals surface area (Å²) in [5.74, 6) is 0. The fourth-order valence-electron chi connectivity index (χ4n) is 2.42. The van der Waals surface area contributed by atoms with E-state index < -0.39 is 0 Å². The van der Waals surface area contributed by atoms with Crippen LogP contribution in [0.15, 0.2) is 30.3 Å². The summed E-state index contributed by atoms with van der Waals surface area (Å²) in [5, 5.41) is 0. The Balaban J connectivity index is 2.87. The second kappa shape index (κ2) is 7.55. The average molecular weight is 248 g/mol. The van der Waals surface area contributed by atoms with Crippen molar-refractivity contribution in [2.24, 2.45) is 5.73 Å². The molecular formula is C16H28N2. The molecule has 1 aromatic carbocycles. The lowest BCUT2D eigenvalue weighted by Crippen LogP contribution is -2.47. The molecule has 0 aliphatic carbocycles. The smallest absolute Gasteiger partial charge is 0.0538 e. The Kier molecular flexibility index (Phi) is 6.37. The van der Waals surface area contributed by atoms with Crippen LogP contribution in [0.4, 0.5) is 0 Å². The van der Waals surface area contributed by atoms with E-state index in [1.807, 2.05) is 0 Å². The average Bonchev–Trinajstić information content (AvgIpc) is 2.43. The number of nitrogens with zero attached hydrogens (tertiary/aromatic N) is 1. The van der Waals surface area contributed by atoms with Gasteiger partial charge < -0.3 is 10.6 Å². The van der Waals surface area contributed by atoms with Gasteiger partial charge in [-0.15, -0.1) is 0 Å². The number of nitrogens with two attached hydrogens (primary N) is 1. The summed E-state index contributed by atoms with van der Waals surface area (Å²) in [6, 6.07) is 10.6. The Labute approximate surface area is 112 Å². The molecule has 0 fully saturated rings. The van der Waals surface area contributed by atoms with Gasteiger partial charge in [-0.3, -0.25) is 0 Å². The molecule has 0 saturated carbocycles. The number of rotatable bonds is 8. The van der Waals surface area contributed by atoms with Crippen molar-refractivity contribution in [1.82, 2.24) is 4.90 Å². The fourth-order valence-corrected chi connectivity index (χ4v) is 2.42. The van der Waals surface area contributed by atoms with E-state index in [2.05, 4.69) is 56.0 Å². The molecule has 0 radical (unpaired) electrons. The first kappa shape index (κ1) is 15.2. The number of hydrogen-bond donors (Lipinski definition) is 1. The molecule has 1 rings (SSSR count). The standard InChI is InChI=1S/C16H28N2/c1-4-7-13-16(17,14-18(5-2)6-3)15-11-9-8-10-12-15/h8-12H,4-7,13-14,17H2,1-3H3. The van der Waals surface area contributed by atoms with E-state index in [-0.39, 0.29) is 5.54 Å². The summed E-state index contributed by atoms with van der Waals surface area (Å²) in [6.45, 7) is 9.71. The van der Waals surface area contributed by atoms with Gasteiger partial charge in [0.15, 0.2) is 0 Å². The zero-order valence-corrected chi connectivity index (χ0v) is 12.2. The quantitative estimate of drug-likeness (QED) is 0.764. The Morgan fingerprint density at radius 3 is 2.17 bits per heavy atom. The van der Waals surface area contributed by atoms with Crippen LogP contribution in [0.1, 0.15) is 45.6 Å². The van der Waals surface area contributed by atoms with Gasteiger partial charge in [-0.2, -0.15) is 0 Å². The van der Waals surface area contributed by atoms with Crippen LogP contribution >= 0.6 is 0 Å². The summed E-state index contributed by atoms with van der Waals surface area (Å²) in [5.41, 5.74) is 7.78. The predicted octanol–water partition coefficient (Wildman–Crippen LogP) is 3.37. The highest BCUT2D eigenvalue weighted by atomic mass is 15.1. The Morgan fingerprint density at radius 2 is 1.67 bits per heavy atom. The van der Waals surface area contributed by atoms with Gasteiger partial charge in [0.05, 0.1) is 5.54 Å². The second-order valence-corrected chi connectivity index (χ2v) is 5.09. The van der Waals surface area contributed by atoms with Crippen LogP contribution < -0.4 is 5.73 Å². The molecule has 18 heavy (non-hydrogen) atoms. The third-order valence-electron chi connectivity index (χ3n) is 3.73. The van der Waals surface area contributed by atoms with Gasteiger partial charge in [-0.05, 0) is 25.1 Å². The minimum Gasteiger partial charge on any atom is -0.320 e. The van der Waals surface area contributed by atoms with Crippen molar-refractivity contribution in [3.8, 4) is 0 Å². The molecule has 1 atom stereocenters. The molecule has 0 bridgehead atoms. The first-order valence-corrected chi connectivity index (χ1v) is 7.23. The van der Waals surface area contributed by atoms with Crippen molar-refractivity contribution in [3.63, 3.8) is 0 Å². The molecule has 1 aromatic rings. The molecule has 0 aliphatic rings. The monoisotopic (exact) mass is 248 g/mol. The van der Waals surface area contributed by atoms with Crippen molar-refractivity contribution in [2.75, 3.05) is 19.6 Å². The first-order valence-electron chi connectivity index (χ1n) is 7.23. The van der Waals surface area contributed by atoms with E-state index in [1.165, 1.54) is 18.4 Å². The summed E-state index contributed by atoms with van der Waals surface area (Å²) < 4.78 is 0. The van der Waals surface area contributed by atoms with Gasteiger partial charge in [-0.1, -0.05) is 63.9 Å². The lowest BCUT2D eigenvalue weighted by Gasteiger charge is -2.35. The highest BCUT2D eigenvalue weighted by Crippen LogP contribution is 2.25. The second-order valence-electron chi connectivity index (χ2n) is 5.09. The van der Waals surface area contributed by atoms with Crippen molar-refractivity contribution < 1.29 is 0 Å². The van der Waals surface area contributed by atoms with Crippen LogP contribution in [0, 0.1) is 0 Å². The van der Waals surface area contributed by atoms with Crippen LogP contribution in [0.25, 0.3) is 0 Å². The Morgan fingerprint density at radius 1 is 1.06 bits per heavy atom. The molecule has 2 N–H and O–H groups in total. The van der Waals surface area contributed by atoms with Crippen molar-refractivity contribution in [2.45, 2.75) is 45.6 Å². The molecule has 0 heterocycles. The highest BCUT2D eigenvalue weighted by molar-refractivity contribution is 5.24. The van der Waals surface area contributed by atoms with Gasteiger partial charge in [0.1, 0.15) is 0 Å². The van der Waals surface area contributed by atoms with Crippen LogP contribution in [0.3, 0.4) is 0 Å². The summed E-state index contributed by atoms with van der Waals surface area (Å²) in [7, 11) is 0. The number of likely N-dealkylation sites (N-methyl/N-ethyl adjacent to an activating group) is 1. The Hall–Kier alpha value is -0.860. The van der Waals surface area contributed by atoms with E-state index in [9.17, 15) is 0 Å². The van der Waals surface area contributed by atoms with Crippen molar-refractivity contribution >= 4 is 0 Å². The topological polar surface area (TPSA) is 29.3 Å². The maximum absolute atomic E-state index is 6.72. The molecule has 0 amide bonds. The third kappa shape index (κ3) is 4.11. The van der Waals surface area contributed by atoms with Crippen LogP contribution in [0.5, 0.6) is 0 Å². The molecule has 0 aliphatic heterocycles. The highest BCUT2D eigenvalue weighted by Gasteiger charge is 2.28. The predicted molar refractivity (Wildman–Crippen MR) is 79.6 cm³/mol. The van der Waals surface area contributed by atoms with E-state index in [1.54, 1.807) is 0 Å². The van der Waals surface area contributed by atoms with Crippen molar-refractivity contribution in [3.05, 3.63) is 35.9 Å². The maximum Gasteiger partial charge on any atom is 0.0538 e. The third-order valence-corrected chi connectivity index (χ3v) is 3.73. The van der Waals surface area contributed by atoms with E-state index >= 15 is 0 Å².